The Morgan fingerprint density at radius 1 is 1.26 bits per heavy atom. The number of nitrogens with zero attached hydrogens (tertiary/aromatic N) is 3. The standard InChI is InChI=1S/C15H28N4/c1-7-9-19(8-2)14-16-10-13(12(3)18-14)11-17-15(4,5)6/h10,17H,7-9,11H2,1-6H3. The van der Waals surface area contributed by atoms with E-state index in [1.54, 1.807) is 0 Å². The van der Waals surface area contributed by atoms with Gasteiger partial charge in [0.2, 0.25) is 5.95 Å². The molecule has 0 unspecified atom stereocenters. The van der Waals surface area contributed by atoms with Gasteiger partial charge >= 0.3 is 0 Å². The largest absolute Gasteiger partial charge is 0.341 e. The molecule has 4 nitrogen and oxygen atoms in total. The van der Waals surface area contributed by atoms with Crippen molar-refractivity contribution in [1.29, 1.82) is 0 Å². The number of nitrogens with one attached hydrogen (secondary N) is 1. The van der Waals surface area contributed by atoms with Crippen LogP contribution in [0.1, 0.15) is 52.3 Å². The molecule has 0 aliphatic carbocycles. The summed E-state index contributed by atoms with van der Waals surface area (Å²) in [6.45, 7) is 15.6. The lowest BCUT2D eigenvalue weighted by molar-refractivity contribution is 0.423. The fraction of sp³-hybridized carbons (Fsp3) is 0.733. The van der Waals surface area contributed by atoms with E-state index in [-0.39, 0.29) is 5.54 Å². The summed E-state index contributed by atoms with van der Waals surface area (Å²) in [5, 5.41) is 3.47. The number of aromatic nitrogens is 2. The second kappa shape index (κ2) is 6.85. The fourth-order valence-corrected chi connectivity index (χ4v) is 1.84. The van der Waals surface area contributed by atoms with Gasteiger partial charge in [-0.25, -0.2) is 9.97 Å². The molecule has 1 aromatic heterocycles. The second-order valence-electron chi connectivity index (χ2n) is 5.96. The molecule has 1 heterocycles. The van der Waals surface area contributed by atoms with Gasteiger partial charge in [-0.3, -0.25) is 0 Å². The van der Waals surface area contributed by atoms with Gasteiger partial charge in [-0.15, -0.1) is 0 Å². The molecule has 0 amide bonds. The van der Waals surface area contributed by atoms with E-state index in [2.05, 4.69) is 61.7 Å². The van der Waals surface area contributed by atoms with Crippen LogP contribution in [0.4, 0.5) is 5.95 Å². The Balaban J connectivity index is 2.79. The maximum atomic E-state index is 4.64. The first-order chi connectivity index (χ1) is 8.87. The molecule has 0 aliphatic rings. The van der Waals surface area contributed by atoms with E-state index in [9.17, 15) is 0 Å². The summed E-state index contributed by atoms with van der Waals surface area (Å²) in [6.07, 6.45) is 3.07. The third-order valence-electron chi connectivity index (χ3n) is 3.04. The third-order valence-corrected chi connectivity index (χ3v) is 3.04. The zero-order chi connectivity index (χ0) is 14.5. The number of aryl methyl sites for hydroxylation is 1. The van der Waals surface area contributed by atoms with Crippen LogP contribution in [0.3, 0.4) is 0 Å². The van der Waals surface area contributed by atoms with Gasteiger partial charge in [0, 0.05) is 42.6 Å². The Hall–Kier alpha value is -1.16. The molecule has 0 atom stereocenters. The van der Waals surface area contributed by atoms with Crippen molar-refractivity contribution in [3.8, 4) is 0 Å². The smallest absolute Gasteiger partial charge is 0.225 e. The molecule has 19 heavy (non-hydrogen) atoms. The summed E-state index contributed by atoms with van der Waals surface area (Å²) in [5.41, 5.74) is 2.35. The van der Waals surface area contributed by atoms with Crippen molar-refractivity contribution in [2.24, 2.45) is 0 Å². The first kappa shape index (κ1) is 15.9. The number of hydrogen-bond acceptors (Lipinski definition) is 4. The van der Waals surface area contributed by atoms with Crippen molar-refractivity contribution in [3.63, 3.8) is 0 Å². The van der Waals surface area contributed by atoms with E-state index in [0.29, 0.717) is 0 Å². The van der Waals surface area contributed by atoms with Crippen LogP contribution < -0.4 is 10.2 Å². The van der Waals surface area contributed by atoms with E-state index in [1.807, 2.05) is 6.20 Å². The number of hydrogen-bond donors (Lipinski definition) is 1. The highest BCUT2D eigenvalue weighted by Gasteiger charge is 2.12. The molecule has 1 N–H and O–H groups in total. The minimum atomic E-state index is 0.114. The summed E-state index contributed by atoms with van der Waals surface area (Å²) >= 11 is 0. The molecule has 1 aromatic rings. The van der Waals surface area contributed by atoms with Crippen molar-refractivity contribution in [1.82, 2.24) is 15.3 Å². The third kappa shape index (κ3) is 5.15. The van der Waals surface area contributed by atoms with Crippen molar-refractivity contribution in [2.75, 3.05) is 18.0 Å². The first-order valence-corrected chi connectivity index (χ1v) is 7.20. The molecule has 0 fully saturated rings. The Morgan fingerprint density at radius 2 is 1.95 bits per heavy atom. The van der Waals surface area contributed by atoms with Crippen LogP contribution in [-0.4, -0.2) is 28.6 Å². The Kier molecular flexibility index (Phi) is 5.73. The average molecular weight is 264 g/mol. The SMILES string of the molecule is CCCN(CC)c1ncc(CNC(C)(C)C)c(C)n1. The predicted octanol–water partition coefficient (Wildman–Crippen LogP) is 2.91. The van der Waals surface area contributed by atoms with E-state index >= 15 is 0 Å². The first-order valence-electron chi connectivity index (χ1n) is 7.20. The quantitative estimate of drug-likeness (QED) is 0.857. The molecule has 0 bridgehead atoms. The molecule has 0 spiro atoms. The van der Waals surface area contributed by atoms with Crippen LogP contribution in [0.15, 0.2) is 6.20 Å². The molecule has 0 saturated heterocycles. The predicted molar refractivity (Wildman–Crippen MR) is 81.5 cm³/mol. The number of rotatable bonds is 6. The Bertz CT molecular complexity index is 396. The van der Waals surface area contributed by atoms with E-state index in [4.69, 9.17) is 0 Å². The van der Waals surface area contributed by atoms with Crippen molar-refractivity contribution < 1.29 is 0 Å². The summed E-state index contributed by atoms with van der Waals surface area (Å²) in [7, 11) is 0. The lowest BCUT2D eigenvalue weighted by atomic mass is 10.1. The highest BCUT2D eigenvalue weighted by molar-refractivity contribution is 5.32. The van der Waals surface area contributed by atoms with Crippen LogP contribution in [0, 0.1) is 6.92 Å². The summed E-state index contributed by atoms with van der Waals surface area (Å²) in [6, 6.07) is 0. The maximum absolute atomic E-state index is 4.64. The van der Waals surface area contributed by atoms with Crippen LogP contribution >= 0.6 is 0 Å². The molecule has 0 saturated carbocycles. The monoisotopic (exact) mass is 264 g/mol. The molecular weight excluding hydrogens is 236 g/mol. The lowest BCUT2D eigenvalue weighted by Gasteiger charge is -2.23. The lowest BCUT2D eigenvalue weighted by Crippen LogP contribution is -2.35. The molecular formula is C15H28N4. The van der Waals surface area contributed by atoms with Gasteiger partial charge < -0.3 is 10.2 Å². The second-order valence-corrected chi connectivity index (χ2v) is 5.96. The van der Waals surface area contributed by atoms with Gasteiger partial charge in [0.15, 0.2) is 0 Å². The van der Waals surface area contributed by atoms with E-state index in [0.717, 1.165) is 37.7 Å². The van der Waals surface area contributed by atoms with E-state index in [1.165, 1.54) is 5.56 Å². The molecule has 0 aliphatic heterocycles. The van der Waals surface area contributed by atoms with Crippen LogP contribution in [0.2, 0.25) is 0 Å². The summed E-state index contributed by atoms with van der Waals surface area (Å²) in [5.74, 6) is 0.848. The summed E-state index contributed by atoms with van der Waals surface area (Å²) < 4.78 is 0. The van der Waals surface area contributed by atoms with Crippen LogP contribution in [0.5, 0.6) is 0 Å². The molecule has 0 aromatic carbocycles. The van der Waals surface area contributed by atoms with Gasteiger partial charge in [0.05, 0.1) is 0 Å². The molecule has 108 valence electrons. The highest BCUT2D eigenvalue weighted by atomic mass is 15.2. The zero-order valence-electron chi connectivity index (χ0n) is 13.2. The van der Waals surface area contributed by atoms with E-state index < -0.39 is 0 Å². The van der Waals surface area contributed by atoms with Gasteiger partial charge in [-0.1, -0.05) is 6.92 Å². The molecule has 0 radical (unpaired) electrons. The summed E-state index contributed by atoms with van der Waals surface area (Å²) in [4.78, 5) is 11.4. The van der Waals surface area contributed by atoms with Crippen molar-refractivity contribution in [2.45, 2.75) is 60.0 Å². The number of anilines is 1. The van der Waals surface area contributed by atoms with Gasteiger partial charge in [0.1, 0.15) is 0 Å². The van der Waals surface area contributed by atoms with Crippen molar-refractivity contribution >= 4 is 5.95 Å². The molecule has 4 heteroatoms. The Morgan fingerprint density at radius 3 is 2.42 bits per heavy atom. The topological polar surface area (TPSA) is 41.1 Å². The van der Waals surface area contributed by atoms with Gasteiger partial charge in [-0.05, 0) is 41.0 Å². The van der Waals surface area contributed by atoms with Crippen molar-refractivity contribution in [3.05, 3.63) is 17.5 Å². The normalized spacial score (nSPS) is 11.7. The minimum absolute atomic E-state index is 0.114. The molecule has 1 rings (SSSR count). The highest BCUT2D eigenvalue weighted by Crippen LogP contribution is 2.12. The fourth-order valence-electron chi connectivity index (χ4n) is 1.84. The van der Waals surface area contributed by atoms with Crippen LogP contribution in [0.25, 0.3) is 0 Å². The van der Waals surface area contributed by atoms with Crippen LogP contribution in [-0.2, 0) is 6.54 Å². The average Bonchev–Trinajstić information content (AvgIpc) is 2.33. The minimum Gasteiger partial charge on any atom is -0.341 e. The zero-order valence-corrected chi connectivity index (χ0v) is 13.2. The maximum Gasteiger partial charge on any atom is 0.225 e. The Labute approximate surface area is 117 Å². The van der Waals surface area contributed by atoms with Gasteiger partial charge in [0.25, 0.3) is 0 Å². The van der Waals surface area contributed by atoms with Gasteiger partial charge in [-0.2, -0.15) is 0 Å².